The number of nitrogens with zero attached hydrogens (tertiary/aromatic N) is 1. The molecule has 196 valence electrons. The number of rotatable bonds is 6. The van der Waals surface area contributed by atoms with Gasteiger partial charge in [-0.3, -0.25) is 9.59 Å². The summed E-state index contributed by atoms with van der Waals surface area (Å²) in [6.07, 6.45) is 2.38. The number of carbonyl (C=O) groups is 2. The summed E-state index contributed by atoms with van der Waals surface area (Å²) in [4.78, 5) is 30.7. The maximum Gasteiger partial charge on any atom is 0.435 e. The zero-order valence-electron chi connectivity index (χ0n) is 19.0. The first-order chi connectivity index (χ1) is 17.5. The van der Waals surface area contributed by atoms with Crippen molar-refractivity contribution in [3.8, 4) is 12.3 Å². The largest absolute Gasteiger partial charge is 0.435 e. The monoisotopic (exact) mass is 591 g/mol. The summed E-state index contributed by atoms with van der Waals surface area (Å²) in [5.41, 5.74) is -1.58. The number of amides is 2. The predicted molar refractivity (Wildman–Crippen MR) is 137 cm³/mol. The molecule has 0 spiro atoms. The molecule has 0 saturated carbocycles. The van der Waals surface area contributed by atoms with Crippen LogP contribution >= 0.6 is 46.1 Å². The Balaban J connectivity index is 1.66. The van der Waals surface area contributed by atoms with E-state index in [1.165, 1.54) is 0 Å². The highest BCUT2D eigenvalue weighted by atomic mass is 35.5. The third-order valence-electron chi connectivity index (χ3n) is 6.12. The molecule has 2 N–H and O–H groups in total. The lowest BCUT2D eigenvalue weighted by molar-refractivity contribution is -0.275. The summed E-state index contributed by atoms with van der Waals surface area (Å²) >= 11 is 19.0. The molecule has 37 heavy (non-hydrogen) atoms. The molecule has 1 aromatic heterocycles. The average molecular weight is 593 g/mol. The SMILES string of the molecule is C#CCNC(=O)CNC(=O)c1sc(C2=NO[C@@](c3cc(Cl)c(Cl)c(Cl)c3)(C(F)(F)F)C2)c2c1CCCC2. The van der Waals surface area contributed by atoms with Gasteiger partial charge in [0.05, 0.1) is 44.3 Å². The lowest BCUT2D eigenvalue weighted by atomic mass is 9.85. The standard InChI is InChI=1S/C24H19Cl3F3N3O3S/c1-2-7-31-18(34)11-32-22(35)21-14-6-4-3-5-13(14)20(37-21)17-10-23(36-33-17,24(28,29)30)12-8-15(25)19(27)16(26)9-12/h1,8-9H,3-7,10-11H2,(H,31,34)(H,32,35)/t23-/m0/s1. The van der Waals surface area contributed by atoms with Crippen LogP contribution in [-0.2, 0) is 28.1 Å². The number of hydrogen-bond acceptors (Lipinski definition) is 5. The Morgan fingerprint density at radius 1 is 1.14 bits per heavy atom. The van der Waals surface area contributed by atoms with Crippen molar-refractivity contribution < 1.29 is 27.6 Å². The van der Waals surface area contributed by atoms with Crippen LogP contribution in [0.4, 0.5) is 13.2 Å². The van der Waals surface area contributed by atoms with Crippen molar-refractivity contribution >= 4 is 63.7 Å². The number of carbonyl (C=O) groups excluding carboxylic acids is 2. The van der Waals surface area contributed by atoms with E-state index in [-0.39, 0.29) is 39.4 Å². The first-order valence-corrected chi connectivity index (χ1v) is 13.0. The van der Waals surface area contributed by atoms with Crippen molar-refractivity contribution in [2.45, 2.75) is 43.9 Å². The highest BCUT2D eigenvalue weighted by Crippen LogP contribution is 2.51. The molecule has 13 heteroatoms. The van der Waals surface area contributed by atoms with Gasteiger partial charge in [-0.1, -0.05) is 45.9 Å². The van der Waals surface area contributed by atoms with Crippen LogP contribution in [0.25, 0.3) is 0 Å². The van der Waals surface area contributed by atoms with E-state index in [4.69, 9.17) is 46.1 Å². The van der Waals surface area contributed by atoms with E-state index in [9.17, 15) is 22.8 Å². The summed E-state index contributed by atoms with van der Waals surface area (Å²) < 4.78 is 43.4. The van der Waals surface area contributed by atoms with Crippen LogP contribution in [0, 0.1) is 12.3 Å². The number of thiophene rings is 1. The first kappa shape index (κ1) is 27.6. The summed E-state index contributed by atoms with van der Waals surface area (Å²) in [7, 11) is 0. The van der Waals surface area contributed by atoms with E-state index in [1.807, 2.05) is 0 Å². The lowest BCUT2D eigenvalue weighted by Crippen LogP contribution is -2.42. The first-order valence-electron chi connectivity index (χ1n) is 11.1. The maximum atomic E-state index is 14.5. The molecule has 6 nitrogen and oxygen atoms in total. The van der Waals surface area contributed by atoms with E-state index in [0.29, 0.717) is 22.6 Å². The number of hydrogen-bond donors (Lipinski definition) is 2. The minimum Gasteiger partial charge on any atom is -0.374 e. The molecule has 1 aliphatic carbocycles. The second-order valence-electron chi connectivity index (χ2n) is 8.47. The van der Waals surface area contributed by atoms with Crippen molar-refractivity contribution in [2.24, 2.45) is 5.16 Å². The molecule has 1 aliphatic heterocycles. The number of benzene rings is 1. The summed E-state index contributed by atoms with van der Waals surface area (Å²) in [6, 6.07) is 2.13. The third kappa shape index (κ3) is 5.28. The van der Waals surface area contributed by atoms with Crippen LogP contribution < -0.4 is 10.6 Å². The van der Waals surface area contributed by atoms with Crippen LogP contribution in [0.15, 0.2) is 17.3 Å². The van der Waals surface area contributed by atoms with E-state index < -0.39 is 30.0 Å². The van der Waals surface area contributed by atoms with Gasteiger partial charge in [-0.25, -0.2) is 0 Å². The van der Waals surface area contributed by atoms with Crippen molar-refractivity contribution in [1.29, 1.82) is 0 Å². The Kier molecular flexibility index (Phi) is 8.00. The Morgan fingerprint density at radius 2 is 1.78 bits per heavy atom. The second kappa shape index (κ2) is 10.7. The van der Waals surface area contributed by atoms with Gasteiger partial charge in [-0.15, -0.1) is 17.8 Å². The molecule has 1 atom stereocenters. The van der Waals surface area contributed by atoms with Gasteiger partial charge in [-0.05, 0) is 48.9 Å². The van der Waals surface area contributed by atoms with Crippen LogP contribution in [0.2, 0.25) is 15.1 Å². The maximum absolute atomic E-state index is 14.5. The van der Waals surface area contributed by atoms with E-state index in [2.05, 4.69) is 21.7 Å². The van der Waals surface area contributed by atoms with Crippen LogP contribution in [0.5, 0.6) is 0 Å². The molecule has 0 saturated heterocycles. The number of alkyl halides is 3. The minimum atomic E-state index is -4.87. The Hall–Kier alpha value is -2.45. The zero-order valence-corrected chi connectivity index (χ0v) is 22.1. The van der Waals surface area contributed by atoms with Gasteiger partial charge in [0.15, 0.2) is 0 Å². The molecular weight excluding hydrogens is 574 g/mol. The summed E-state index contributed by atoms with van der Waals surface area (Å²) in [6.45, 7) is -0.264. The van der Waals surface area contributed by atoms with Crippen molar-refractivity contribution in [3.05, 3.63) is 53.6 Å². The second-order valence-corrected chi connectivity index (χ2v) is 10.7. The number of fused-ring (bicyclic) bond motifs is 1. The molecule has 2 heterocycles. The Labute approximate surface area is 229 Å². The van der Waals surface area contributed by atoms with E-state index in [0.717, 1.165) is 47.4 Å². The van der Waals surface area contributed by atoms with Crippen LogP contribution in [0.3, 0.4) is 0 Å². The quantitative estimate of drug-likeness (QED) is 0.336. The number of oxime groups is 1. The topological polar surface area (TPSA) is 79.8 Å². The molecule has 0 radical (unpaired) electrons. The number of halogens is 6. The van der Waals surface area contributed by atoms with Crippen LogP contribution in [-0.4, -0.2) is 36.8 Å². The Morgan fingerprint density at radius 3 is 2.41 bits per heavy atom. The fraction of sp³-hybridized carbons (Fsp3) is 0.375. The average Bonchev–Trinajstić information content (AvgIpc) is 3.47. The number of nitrogens with one attached hydrogen (secondary N) is 2. The van der Waals surface area contributed by atoms with Gasteiger partial charge >= 0.3 is 6.18 Å². The molecular formula is C24H19Cl3F3N3O3S. The van der Waals surface area contributed by atoms with E-state index in [1.54, 1.807) is 0 Å². The van der Waals surface area contributed by atoms with E-state index >= 15 is 0 Å². The molecule has 0 fully saturated rings. The van der Waals surface area contributed by atoms with Gasteiger partial charge in [0.25, 0.3) is 11.5 Å². The van der Waals surface area contributed by atoms with Crippen molar-refractivity contribution in [3.63, 3.8) is 0 Å². The predicted octanol–water partition coefficient (Wildman–Crippen LogP) is 5.65. The fourth-order valence-corrected chi connectivity index (χ4v) is 6.20. The summed E-state index contributed by atoms with van der Waals surface area (Å²) in [5, 5.41) is 8.47. The molecule has 2 aromatic rings. The Bertz CT molecular complexity index is 1310. The molecule has 2 aliphatic rings. The molecule has 0 bridgehead atoms. The van der Waals surface area contributed by atoms with Gasteiger partial charge in [0.1, 0.15) is 5.71 Å². The molecule has 0 unspecified atom stereocenters. The van der Waals surface area contributed by atoms with Gasteiger partial charge in [-0.2, -0.15) is 13.2 Å². The van der Waals surface area contributed by atoms with Crippen LogP contribution in [0.1, 0.15) is 50.5 Å². The fourth-order valence-electron chi connectivity index (χ4n) is 4.32. The highest BCUT2D eigenvalue weighted by molar-refractivity contribution is 7.16. The third-order valence-corrected chi connectivity index (χ3v) is 8.64. The van der Waals surface area contributed by atoms with Gasteiger partial charge in [0.2, 0.25) is 5.91 Å². The minimum absolute atomic E-state index is 0.0259. The lowest BCUT2D eigenvalue weighted by Gasteiger charge is -2.30. The molecule has 4 rings (SSSR count). The van der Waals surface area contributed by atoms with Gasteiger partial charge < -0.3 is 15.5 Å². The zero-order chi connectivity index (χ0) is 27.0. The molecule has 2 amide bonds. The van der Waals surface area contributed by atoms with Crippen molar-refractivity contribution in [2.75, 3.05) is 13.1 Å². The molecule has 1 aromatic carbocycles. The smallest absolute Gasteiger partial charge is 0.374 e. The number of terminal acetylenes is 1. The highest BCUT2D eigenvalue weighted by Gasteiger charge is 2.62. The van der Waals surface area contributed by atoms with Crippen molar-refractivity contribution in [1.82, 2.24) is 10.6 Å². The summed E-state index contributed by atoms with van der Waals surface area (Å²) in [5.74, 6) is 1.31. The van der Waals surface area contributed by atoms with Gasteiger partial charge in [0, 0.05) is 5.56 Å². The normalized spacial score (nSPS) is 18.9.